The van der Waals surface area contributed by atoms with Crippen molar-refractivity contribution in [3.05, 3.63) is 41.4 Å². The van der Waals surface area contributed by atoms with Crippen molar-refractivity contribution in [2.75, 3.05) is 13.1 Å². The second-order valence-corrected chi connectivity index (χ2v) is 4.72. The Labute approximate surface area is 116 Å². The molecule has 6 nitrogen and oxygen atoms in total. The van der Waals surface area contributed by atoms with E-state index in [-0.39, 0.29) is 11.3 Å². The third kappa shape index (κ3) is 2.36. The number of cyclic esters (lactones) is 1. The molecule has 3 heterocycles. The maximum Gasteiger partial charge on any atom is 0.346 e. The van der Waals surface area contributed by atoms with Crippen LogP contribution < -0.4 is 5.32 Å². The van der Waals surface area contributed by atoms with Crippen molar-refractivity contribution in [1.82, 2.24) is 10.3 Å². The van der Waals surface area contributed by atoms with Gasteiger partial charge in [-0.1, -0.05) is 0 Å². The quantitative estimate of drug-likeness (QED) is 0.794. The summed E-state index contributed by atoms with van der Waals surface area (Å²) >= 11 is 0. The molecule has 0 aromatic carbocycles. The molecule has 6 heteroatoms. The van der Waals surface area contributed by atoms with Gasteiger partial charge in [0, 0.05) is 31.9 Å². The van der Waals surface area contributed by atoms with Crippen LogP contribution in [0.15, 0.2) is 40.9 Å². The number of rotatable bonds is 3. The highest BCUT2D eigenvalue weighted by atomic mass is 16.6. The van der Waals surface area contributed by atoms with Crippen LogP contribution >= 0.6 is 0 Å². The average Bonchev–Trinajstić information content (AvgIpc) is 2.75. The van der Waals surface area contributed by atoms with Crippen LogP contribution in [0.5, 0.6) is 0 Å². The average molecular weight is 273 g/mol. The zero-order chi connectivity index (χ0) is 13.9. The molecule has 104 valence electrons. The zero-order valence-corrected chi connectivity index (χ0v) is 10.9. The van der Waals surface area contributed by atoms with Crippen molar-refractivity contribution >= 4 is 11.8 Å². The highest BCUT2D eigenvalue weighted by Crippen LogP contribution is 2.24. The maximum atomic E-state index is 11.9. The van der Waals surface area contributed by atoms with Crippen molar-refractivity contribution in [3.8, 4) is 0 Å². The summed E-state index contributed by atoms with van der Waals surface area (Å²) in [6.45, 7) is 1.40. The van der Waals surface area contributed by atoms with Gasteiger partial charge in [0.15, 0.2) is 11.9 Å². The van der Waals surface area contributed by atoms with Crippen LogP contribution in [0.2, 0.25) is 0 Å². The second-order valence-electron chi connectivity index (χ2n) is 4.72. The summed E-state index contributed by atoms with van der Waals surface area (Å²) in [5, 5.41) is 13.3. The number of carbonyl (C=O) groups is 1. The summed E-state index contributed by atoms with van der Waals surface area (Å²) < 4.78 is 5.24. The number of pyridine rings is 1. The van der Waals surface area contributed by atoms with Gasteiger partial charge in [0.1, 0.15) is 11.4 Å². The van der Waals surface area contributed by atoms with E-state index < -0.39 is 12.1 Å². The van der Waals surface area contributed by atoms with E-state index in [1.165, 1.54) is 0 Å². The molecule has 0 saturated heterocycles. The molecule has 1 atom stereocenters. The normalized spacial score (nSPS) is 22.3. The van der Waals surface area contributed by atoms with E-state index in [9.17, 15) is 9.90 Å². The Morgan fingerprint density at radius 1 is 1.40 bits per heavy atom. The number of hydrogen-bond donors (Lipinski definition) is 2. The maximum absolute atomic E-state index is 11.9. The molecule has 1 aromatic heterocycles. The van der Waals surface area contributed by atoms with Crippen molar-refractivity contribution in [2.24, 2.45) is 4.99 Å². The number of nitrogens with zero attached hydrogens (tertiary/aromatic N) is 2. The van der Waals surface area contributed by atoms with Crippen LogP contribution in [0.4, 0.5) is 0 Å². The Balaban J connectivity index is 1.83. The fraction of sp³-hybridized carbons (Fsp3) is 0.357. The first-order valence-corrected chi connectivity index (χ1v) is 6.57. The summed E-state index contributed by atoms with van der Waals surface area (Å²) in [4.78, 5) is 20.1. The fourth-order valence-corrected chi connectivity index (χ4v) is 2.30. The molecule has 0 amide bonds. The molecule has 0 aliphatic carbocycles. The van der Waals surface area contributed by atoms with Crippen LogP contribution in [0.1, 0.15) is 12.0 Å². The second kappa shape index (κ2) is 5.32. The lowest BCUT2D eigenvalue weighted by molar-refractivity contribution is -0.139. The van der Waals surface area contributed by atoms with E-state index >= 15 is 0 Å². The summed E-state index contributed by atoms with van der Waals surface area (Å²) in [5.41, 5.74) is 1.12. The molecule has 0 bridgehead atoms. The van der Waals surface area contributed by atoms with E-state index in [2.05, 4.69) is 15.3 Å². The van der Waals surface area contributed by atoms with Gasteiger partial charge in [-0.05, 0) is 24.1 Å². The van der Waals surface area contributed by atoms with Gasteiger partial charge in [-0.2, -0.15) is 0 Å². The van der Waals surface area contributed by atoms with Gasteiger partial charge in [0.05, 0.1) is 0 Å². The summed E-state index contributed by atoms with van der Waals surface area (Å²) in [7, 11) is 0. The van der Waals surface area contributed by atoms with E-state index in [0.29, 0.717) is 18.8 Å². The molecule has 2 aliphatic rings. The van der Waals surface area contributed by atoms with E-state index in [1.807, 2.05) is 12.1 Å². The third-order valence-electron chi connectivity index (χ3n) is 3.32. The fourth-order valence-electron chi connectivity index (χ4n) is 2.30. The Bertz CT molecular complexity index is 581. The van der Waals surface area contributed by atoms with Crippen LogP contribution in [0.3, 0.4) is 0 Å². The van der Waals surface area contributed by atoms with Crippen molar-refractivity contribution < 1.29 is 14.6 Å². The van der Waals surface area contributed by atoms with Gasteiger partial charge in [-0.25, -0.2) is 4.79 Å². The minimum atomic E-state index is -0.647. The number of ether oxygens (including phenoxy) is 1. The molecule has 3 rings (SSSR count). The molecule has 0 fully saturated rings. The Kier molecular flexibility index (Phi) is 3.37. The SMILES string of the molecule is O=C1O[C@H](Cc2ccncc2)C(O)=C1C1=NCCCN1. The Morgan fingerprint density at radius 3 is 2.90 bits per heavy atom. The molecule has 2 N–H and O–H groups in total. The van der Waals surface area contributed by atoms with Crippen LogP contribution in [-0.4, -0.2) is 41.1 Å². The minimum Gasteiger partial charge on any atom is -0.507 e. The van der Waals surface area contributed by atoms with Crippen LogP contribution in [-0.2, 0) is 16.0 Å². The highest BCUT2D eigenvalue weighted by molar-refractivity contribution is 6.20. The standard InChI is InChI=1S/C14H15N3O3/c18-12-10(8-9-2-6-15-7-3-9)20-14(19)11(12)13-16-4-1-5-17-13/h2-3,6-7,10,18H,1,4-5,8H2,(H,16,17)/t10-/m1/s1. The first kappa shape index (κ1) is 12.7. The van der Waals surface area contributed by atoms with E-state index in [1.54, 1.807) is 12.4 Å². The molecular weight excluding hydrogens is 258 g/mol. The number of aliphatic hydroxyl groups is 1. The number of aliphatic imine (C=N–C) groups is 1. The van der Waals surface area contributed by atoms with Crippen LogP contribution in [0.25, 0.3) is 0 Å². The Morgan fingerprint density at radius 2 is 2.20 bits per heavy atom. The third-order valence-corrected chi connectivity index (χ3v) is 3.32. The van der Waals surface area contributed by atoms with Gasteiger partial charge in [-0.15, -0.1) is 0 Å². The number of carbonyl (C=O) groups excluding carboxylic acids is 1. The van der Waals surface area contributed by atoms with Crippen LogP contribution in [0, 0.1) is 0 Å². The molecule has 0 unspecified atom stereocenters. The molecule has 1 aromatic rings. The lowest BCUT2D eigenvalue weighted by Crippen LogP contribution is -2.33. The van der Waals surface area contributed by atoms with Gasteiger partial charge >= 0.3 is 5.97 Å². The first-order valence-electron chi connectivity index (χ1n) is 6.57. The van der Waals surface area contributed by atoms with Gasteiger partial charge in [-0.3, -0.25) is 9.98 Å². The lowest BCUT2D eigenvalue weighted by atomic mass is 10.1. The number of amidine groups is 1. The summed E-state index contributed by atoms with van der Waals surface area (Å²) in [6, 6.07) is 3.66. The van der Waals surface area contributed by atoms with Gasteiger partial charge < -0.3 is 15.2 Å². The van der Waals surface area contributed by atoms with E-state index in [4.69, 9.17) is 4.74 Å². The topological polar surface area (TPSA) is 83.8 Å². The smallest absolute Gasteiger partial charge is 0.346 e. The number of esters is 1. The molecule has 0 radical (unpaired) electrons. The summed E-state index contributed by atoms with van der Waals surface area (Å²) in [6.07, 6.45) is 4.04. The number of nitrogens with one attached hydrogen (secondary N) is 1. The minimum absolute atomic E-state index is 0.0417. The summed E-state index contributed by atoms with van der Waals surface area (Å²) in [5.74, 6) is -0.120. The predicted octanol–water partition coefficient (Wildman–Crippen LogP) is 0.753. The zero-order valence-electron chi connectivity index (χ0n) is 10.9. The van der Waals surface area contributed by atoms with Crippen molar-refractivity contribution in [2.45, 2.75) is 18.9 Å². The lowest BCUT2D eigenvalue weighted by Gasteiger charge is -2.13. The van der Waals surface area contributed by atoms with Crippen molar-refractivity contribution in [3.63, 3.8) is 0 Å². The largest absolute Gasteiger partial charge is 0.507 e. The first-order chi connectivity index (χ1) is 9.75. The molecule has 2 aliphatic heterocycles. The monoisotopic (exact) mass is 273 g/mol. The van der Waals surface area contributed by atoms with E-state index in [0.717, 1.165) is 18.5 Å². The molecular formula is C14H15N3O3. The molecule has 20 heavy (non-hydrogen) atoms. The van der Waals surface area contributed by atoms with Crippen molar-refractivity contribution in [1.29, 1.82) is 0 Å². The van der Waals surface area contributed by atoms with Gasteiger partial charge in [0.2, 0.25) is 0 Å². The highest BCUT2D eigenvalue weighted by Gasteiger charge is 2.37. The predicted molar refractivity (Wildman–Crippen MR) is 72.4 cm³/mol. The number of aromatic nitrogens is 1. The molecule has 0 saturated carbocycles. The van der Waals surface area contributed by atoms with Gasteiger partial charge in [0.25, 0.3) is 0 Å². The number of aliphatic hydroxyl groups excluding tert-OH is 1. The molecule has 0 spiro atoms. The Hall–Kier alpha value is -2.37. The number of hydrogen-bond acceptors (Lipinski definition) is 6.